The molecular formula is C21H26N6O3S. The van der Waals surface area contributed by atoms with Gasteiger partial charge in [0.15, 0.2) is 0 Å². The van der Waals surface area contributed by atoms with E-state index in [-0.39, 0.29) is 17.5 Å². The lowest BCUT2D eigenvalue weighted by Crippen LogP contribution is -2.24. The molecule has 1 aliphatic rings. The molecule has 0 bridgehead atoms. The second kappa shape index (κ2) is 9.44. The first kappa shape index (κ1) is 21.3. The number of rotatable bonds is 9. The molecule has 0 aliphatic carbocycles. The minimum absolute atomic E-state index is 0.140. The molecule has 31 heavy (non-hydrogen) atoms. The number of anilines is 1. The van der Waals surface area contributed by atoms with Crippen LogP contribution in [0.15, 0.2) is 60.1 Å². The number of sulfonamides is 1. The van der Waals surface area contributed by atoms with Crippen LogP contribution in [0.4, 0.5) is 5.82 Å². The van der Waals surface area contributed by atoms with Crippen LogP contribution in [0.3, 0.4) is 0 Å². The molecule has 9 nitrogen and oxygen atoms in total. The van der Waals surface area contributed by atoms with Gasteiger partial charge in [-0.2, -0.15) is 5.10 Å². The lowest BCUT2D eigenvalue weighted by molar-refractivity contribution is 0.317. The van der Waals surface area contributed by atoms with Crippen molar-refractivity contribution in [2.45, 2.75) is 37.2 Å². The molecule has 3 heterocycles. The third-order valence-corrected chi connectivity index (χ3v) is 6.55. The van der Waals surface area contributed by atoms with Gasteiger partial charge in [0.1, 0.15) is 29.1 Å². The number of benzene rings is 1. The summed E-state index contributed by atoms with van der Waals surface area (Å²) in [5, 5.41) is 4.20. The molecule has 1 unspecified atom stereocenters. The van der Waals surface area contributed by atoms with Gasteiger partial charge in [-0.05, 0) is 42.7 Å². The Hall–Kier alpha value is -2.98. The number of nitrogens with one attached hydrogen (secondary N) is 1. The topological polar surface area (TPSA) is 102 Å². The first-order chi connectivity index (χ1) is 15.0. The maximum Gasteiger partial charge on any atom is 0.242 e. The predicted molar refractivity (Wildman–Crippen MR) is 116 cm³/mol. The maximum atomic E-state index is 12.7. The molecule has 1 saturated heterocycles. The zero-order chi connectivity index (χ0) is 21.7. The Bertz CT molecular complexity index is 1090. The van der Waals surface area contributed by atoms with Crippen molar-refractivity contribution in [1.29, 1.82) is 0 Å². The molecule has 3 aromatic rings. The van der Waals surface area contributed by atoms with E-state index in [1.54, 1.807) is 18.5 Å². The van der Waals surface area contributed by atoms with Crippen LogP contribution in [0, 0.1) is 0 Å². The lowest BCUT2D eigenvalue weighted by Gasteiger charge is -2.17. The third-order valence-electron chi connectivity index (χ3n) is 5.17. The normalized spacial score (nSPS) is 16.5. The summed E-state index contributed by atoms with van der Waals surface area (Å²) in [6.07, 6.45) is 6.50. The third kappa shape index (κ3) is 5.20. The second-order valence-electron chi connectivity index (χ2n) is 7.44. The van der Waals surface area contributed by atoms with E-state index < -0.39 is 10.0 Å². The summed E-state index contributed by atoms with van der Waals surface area (Å²) in [5.41, 5.74) is 0.831. The second-order valence-corrected chi connectivity index (χ2v) is 9.20. The summed E-state index contributed by atoms with van der Waals surface area (Å²) in [7, 11) is -3.67. The van der Waals surface area contributed by atoms with Crippen molar-refractivity contribution in [3.63, 3.8) is 0 Å². The smallest absolute Gasteiger partial charge is 0.242 e. The monoisotopic (exact) mass is 442 g/mol. The quantitative estimate of drug-likeness (QED) is 0.543. The van der Waals surface area contributed by atoms with Crippen molar-refractivity contribution < 1.29 is 13.2 Å². The van der Waals surface area contributed by atoms with E-state index in [2.05, 4.69) is 24.7 Å². The van der Waals surface area contributed by atoms with Crippen molar-refractivity contribution in [3.05, 3.63) is 60.8 Å². The van der Waals surface area contributed by atoms with E-state index >= 15 is 0 Å². The molecule has 2 aromatic heterocycles. The summed E-state index contributed by atoms with van der Waals surface area (Å²) in [6.45, 7) is 4.44. The van der Waals surface area contributed by atoms with Gasteiger partial charge in [0.25, 0.3) is 0 Å². The van der Waals surface area contributed by atoms with Crippen molar-refractivity contribution in [3.8, 4) is 5.75 Å². The summed E-state index contributed by atoms with van der Waals surface area (Å²) in [4.78, 5) is 10.6. The Morgan fingerprint density at radius 1 is 1.26 bits per heavy atom. The van der Waals surface area contributed by atoms with Crippen LogP contribution in [0.2, 0.25) is 0 Å². The Morgan fingerprint density at radius 2 is 2.16 bits per heavy atom. The predicted octanol–water partition coefficient (Wildman–Crippen LogP) is 2.39. The van der Waals surface area contributed by atoms with Crippen LogP contribution in [0.25, 0.3) is 0 Å². The van der Waals surface area contributed by atoms with Crippen molar-refractivity contribution >= 4 is 15.8 Å². The van der Waals surface area contributed by atoms with Crippen molar-refractivity contribution in [2.75, 3.05) is 24.6 Å². The van der Waals surface area contributed by atoms with Gasteiger partial charge in [-0.25, -0.2) is 27.8 Å². The van der Waals surface area contributed by atoms with E-state index in [1.165, 1.54) is 12.5 Å². The van der Waals surface area contributed by atoms with Crippen LogP contribution in [-0.2, 0) is 16.6 Å². The van der Waals surface area contributed by atoms with Gasteiger partial charge in [0.05, 0.1) is 12.6 Å². The SMILES string of the molecule is CCCOc1cccc(CNS(=O)(=O)c2ccc(N3CCC(n4cncn4)C3)nc2)c1. The van der Waals surface area contributed by atoms with Crippen molar-refractivity contribution in [1.82, 2.24) is 24.5 Å². The summed E-state index contributed by atoms with van der Waals surface area (Å²) in [5.74, 6) is 1.49. The molecule has 0 spiro atoms. The molecule has 164 valence electrons. The number of aromatic nitrogens is 4. The lowest BCUT2D eigenvalue weighted by atomic mass is 10.2. The summed E-state index contributed by atoms with van der Waals surface area (Å²) in [6, 6.07) is 11.0. The molecule has 4 rings (SSSR count). The number of hydrogen-bond acceptors (Lipinski definition) is 7. The summed E-state index contributed by atoms with van der Waals surface area (Å²) < 4.78 is 35.5. The number of hydrogen-bond donors (Lipinski definition) is 1. The average molecular weight is 443 g/mol. The average Bonchev–Trinajstić information content (AvgIpc) is 3.49. The highest BCUT2D eigenvalue weighted by atomic mass is 32.2. The highest BCUT2D eigenvalue weighted by molar-refractivity contribution is 7.89. The molecule has 10 heteroatoms. The molecular weight excluding hydrogens is 416 g/mol. The van der Waals surface area contributed by atoms with E-state index in [1.807, 2.05) is 35.9 Å². The minimum atomic E-state index is -3.67. The fraction of sp³-hybridized carbons (Fsp3) is 0.381. The molecule has 1 fully saturated rings. The number of ether oxygens (including phenoxy) is 1. The molecule has 1 aliphatic heterocycles. The van der Waals surface area contributed by atoms with Gasteiger partial charge in [-0.1, -0.05) is 19.1 Å². The Kier molecular flexibility index (Phi) is 6.47. The molecule has 0 radical (unpaired) electrons. The van der Waals surface area contributed by atoms with Gasteiger partial charge < -0.3 is 9.64 Å². The van der Waals surface area contributed by atoms with Crippen LogP contribution < -0.4 is 14.4 Å². The van der Waals surface area contributed by atoms with E-state index in [0.29, 0.717) is 6.61 Å². The maximum absolute atomic E-state index is 12.7. The van der Waals surface area contributed by atoms with Crippen LogP contribution in [0.1, 0.15) is 31.4 Å². The van der Waals surface area contributed by atoms with Gasteiger partial charge in [0.2, 0.25) is 10.0 Å². The Labute approximate surface area is 182 Å². The first-order valence-electron chi connectivity index (χ1n) is 10.3. The molecule has 0 amide bonds. The number of pyridine rings is 1. The van der Waals surface area contributed by atoms with Crippen LogP contribution in [-0.4, -0.2) is 47.9 Å². The van der Waals surface area contributed by atoms with Crippen molar-refractivity contribution in [2.24, 2.45) is 0 Å². The van der Waals surface area contributed by atoms with Gasteiger partial charge in [0, 0.05) is 25.8 Å². The van der Waals surface area contributed by atoms with Crippen LogP contribution >= 0.6 is 0 Å². The highest BCUT2D eigenvalue weighted by Crippen LogP contribution is 2.25. The van der Waals surface area contributed by atoms with Gasteiger partial charge in [-0.15, -0.1) is 0 Å². The Morgan fingerprint density at radius 3 is 2.90 bits per heavy atom. The zero-order valence-electron chi connectivity index (χ0n) is 17.4. The Balaban J connectivity index is 1.37. The van der Waals surface area contributed by atoms with Gasteiger partial charge >= 0.3 is 0 Å². The van der Waals surface area contributed by atoms with E-state index in [4.69, 9.17) is 4.74 Å². The van der Waals surface area contributed by atoms with Crippen LogP contribution in [0.5, 0.6) is 5.75 Å². The summed E-state index contributed by atoms with van der Waals surface area (Å²) >= 11 is 0. The van der Waals surface area contributed by atoms with E-state index in [0.717, 1.165) is 43.1 Å². The number of nitrogens with zero attached hydrogens (tertiary/aromatic N) is 5. The standard InChI is InChI=1S/C21H26N6O3S/c1-2-10-30-19-5-3-4-17(11-19)12-25-31(28,29)20-6-7-21(23-13-20)26-9-8-18(14-26)27-16-22-15-24-27/h3-7,11,13,15-16,18,25H,2,8-10,12,14H2,1H3. The highest BCUT2D eigenvalue weighted by Gasteiger charge is 2.25. The molecule has 1 aromatic carbocycles. The molecule has 0 saturated carbocycles. The minimum Gasteiger partial charge on any atom is -0.494 e. The van der Waals surface area contributed by atoms with Gasteiger partial charge in [-0.3, -0.25) is 0 Å². The molecule has 1 N–H and O–H groups in total. The fourth-order valence-electron chi connectivity index (χ4n) is 3.52. The fourth-order valence-corrected chi connectivity index (χ4v) is 4.48. The first-order valence-corrected chi connectivity index (χ1v) is 11.8. The van der Waals surface area contributed by atoms with E-state index in [9.17, 15) is 8.42 Å². The largest absolute Gasteiger partial charge is 0.494 e. The zero-order valence-corrected chi connectivity index (χ0v) is 18.2. The molecule has 1 atom stereocenters.